The van der Waals surface area contributed by atoms with Gasteiger partial charge in [-0.05, 0) is 19.9 Å². The summed E-state index contributed by atoms with van der Waals surface area (Å²) in [6.45, 7) is 3.79. The van der Waals surface area contributed by atoms with Gasteiger partial charge < -0.3 is 18.9 Å². The van der Waals surface area contributed by atoms with Crippen molar-refractivity contribution in [2.24, 2.45) is 0 Å². The van der Waals surface area contributed by atoms with Crippen LogP contribution in [0, 0.1) is 0 Å². The summed E-state index contributed by atoms with van der Waals surface area (Å²) in [4.78, 5) is 43.2. The minimum absolute atomic E-state index is 0.0779. The van der Waals surface area contributed by atoms with Gasteiger partial charge in [-0.3, -0.25) is 4.79 Å². The molecule has 3 heterocycles. The summed E-state index contributed by atoms with van der Waals surface area (Å²) in [7, 11) is 0. The molecule has 0 amide bonds. The van der Waals surface area contributed by atoms with Crippen molar-refractivity contribution in [1.29, 1.82) is 0 Å². The van der Waals surface area contributed by atoms with Gasteiger partial charge in [0.05, 0.1) is 24.1 Å². The van der Waals surface area contributed by atoms with E-state index in [1.807, 2.05) is 0 Å². The molecule has 8 nitrogen and oxygen atoms in total. The predicted molar refractivity (Wildman–Crippen MR) is 85.2 cm³/mol. The number of ether oxygens (including phenoxy) is 2. The van der Waals surface area contributed by atoms with Gasteiger partial charge >= 0.3 is 11.9 Å². The molecular weight excluding hydrogens is 314 g/mol. The molecule has 0 radical (unpaired) electrons. The molecule has 0 fully saturated rings. The molecule has 0 aromatic carbocycles. The molecule has 24 heavy (non-hydrogen) atoms. The van der Waals surface area contributed by atoms with E-state index in [0.717, 1.165) is 0 Å². The molecular formula is C16H15N3O5. The summed E-state index contributed by atoms with van der Waals surface area (Å²) in [6.07, 6.45) is 4.41. The lowest BCUT2D eigenvalue weighted by atomic mass is 10.2. The van der Waals surface area contributed by atoms with Gasteiger partial charge in [0.1, 0.15) is 5.56 Å². The van der Waals surface area contributed by atoms with Crippen molar-refractivity contribution >= 4 is 28.5 Å². The maximum Gasteiger partial charge on any atom is 0.358 e. The molecule has 3 aromatic rings. The summed E-state index contributed by atoms with van der Waals surface area (Å²) < 4.78 is 11.4. The molecule has 0 spiro atoms. The van der Waals surface area contributed by atoms with Gasteiger partial charge in [0.15, 0.2) is 11.3 Å². The number of hydrogen-bond acceptors (Lipinski definition) is 6. The number of H-pyrrole nitrogens is 1. The first-order valence-corrected chi connectivity index (χ1v) is 7.44. The number of carbonyl (C=O) groups is 2. The van der Waals surface area contributed by atoms with Crippen molar-refractivity contribution in [1.82, 2.24) is 14.4 Å². The minimum atomic E-state index is -0.684. The van der Waals surface area contributed by atoms with E-state index in [4.69, 9.17) is 9.47 Å². The van der Waals surface area contributed by atoms with Gasteiger partial charge in [-0.25, -0.2) is 14.6 Å². The number of pyridine rings is 2. The van der Waals surface area contributed by atoms with Gasteiger partial charge in [0.2, 0.25) is 5.43 Å². The van der Waals surface area contributed by atoms with Crippen LogP contribution in [0.25, 0.3) is 16.6 Å². The molecule has 3 aromatic heterocycles. The maximum absolute atomic E-state index is 12.5. The smallest absolute Gasteiger partial charge is 0.358 e. The molecule has 0 aliphatic rings. The number of hydrogen-bond donors (Lipinski definition) is 1. The SMILES string of the molecule is CCOC(=O)c1cn2ccc3c(=O)c(C(=O)OCC)c[nH]c3c2n1. The second kappa shape index (κ2) is 6.15. The highest BCUT2D eigenvalue weighted by Gasteiger charge is 2.18. The molecule has 1 N–H and O–H groups in total. The predicted octanol–water partition coefficient (Wildman–Crippen LogP) is 1.53. The molecule has 0 saturated carbocycles. The highest BCUT2D eigenvalue weighted by atomic mass is 16.5. The van der Waals surface area contributed by atoms with E-state index in [1.54, 1.807) is 30.5 Å². The van der Waals surface area contributed by atoms with Crippen LogP contribution >= 0.6 is 0 Å². The fourth-order valence-corrected chi connectivity index (χ4v) is 2.40. The topological polar surface area (TPSA) is 103 Å². The lowest BCUT2D eigenvalue weighted by Gasteiger charge is -2.04. The van der Waals surface area contributed by atoms with Crippen LogP contribution in [-0.2, 0) is 9.47 Å². The Bertz CT molecular complexity index is 1000. The Labute approximate surface area is 136 Å². The van der Waals surface area contributed by atoms with E-state index in [0.29, 0.717) is 11.2 Å². The van der Waals surface area contributed by atoms with E-state index in [-0.39, 0.29) is 29.9 Å². The summed E-state index contributed by atoms with van der Waals surface area (Å²) in [5.41, 5.74) is 0.421. The lowest BCUT2D eigenvalue weighted by molar-refractivity contribution is 0.0512. The summed E-state index contributed by atoms with van der Waals surface area (Å²) in [5, 5.41) is 0.286. The molecule has 3 rings (SSSR count). The Morgan fingerprint density at radius 2 is 1.92 bits per heavy atom. The zero-order valence-electron chi connectivity index (χ0n) is 13.2. The Kier molecular flexibility index (Phi) is 4.03. The zero-order valence-corrected chi connectivity index (χ0v) is 13.2. The van der Waals surface area contributed by atoms with Crippen molar-refractivity contribution in [3.63, 3.8) is 0 Å². The van der Waals surface area contributed by atoms with Gasteiger partial charge in [-0.15, -0.1) is 0 Å². The molecule has 0 atom stereocenters. The number of nitrogens with one attached hydrogen (secondary N) is 1. The number of imidazole rings is 1. The molecule has 0 bridgehead atoms. The average Bonchev–Trinajstić information content (AvgIpc) is 3.00. The highest BCUT2D eigenvalue weighted by Crippen LogP contribution is 2.16. The van der Waals surface area contributed by atoms with Gasteiger partial charge in [0, 0.05) is 18.6 Å². The minimum Gasteiger partial charge on any atom is -0.462 e. The Hall–Kier alpha value is -3.16. The fourth-order valence-electron chi connectivity index (χ4n) is 2.40. The van der Waals surface area contributed by atoms with Crippen molar-refractivity contribution in [3.05, 3.63) is 46.1 Å². The summed E-state index contributed by atoms with van der Waals surface area (Å²) in [5.74, 6) is -1.23. The Morgan fingerprint density at radius 1 is 1.21 bits per heavy atom. The third-order valence-electron chi connectivity index (χ3n) is 3.46. The van der Waals surface area contributed by atoms with Crippen molar-refractivity contribution in [2.45, 2.75) is 13.8 Å². The molecule has 124 valence electrons. The van der Waals surface area contributed by atoms with E-state index in [1.165, 1.54) is 12.4 Å². The van der Waals surface area contributed by atoms with Crippen molar-refractivity contribution < 1.29 is 19.1 Å². The third-order valence-corrected chi connectivity index (χ3v) is 3.46. The summed E-state index contributed by atoms with van der Waals surface area (Å²) in [6, 6.07) is 1.56. The number of fused-ring (bicyclic) bond motifs is 3. The lowest BCUT2D eigenvalue weighted by Crippen LogP contribution is -2.18. The fraction of sp³-hybridized carbons (Fsp3) is 0.250. The van der Waals surface area contributed by atoms with Crippen LogP contribution in [0.15, 0.2) is 29.5 Å². The van der Waals surface area contributed by atoms with E-state index in [2.05, 4.69) is 9.97 Å². The average molecular weight is 329 g/mol. The van der Waals surface area contributed by atoms with E-state index < -0.39 is 17.4 Å². The monoisotopic (exact) mass is 329 g/mol. The normalized spacial score (nSPS) is 10.9. The van der Waals surface area contributed by atoms with Gasteiger partial charge in [0.25, 0.3) is 0 Å². The molecule has 0 unspecified atom stereocenters. The number of esters is 2. The second-order valence-electron chi connectivity index (χ2n) is 4.93. The van der Waals surface area contributed by atoms with Crippen molar-refractivity contribution in [2.75, 3.05) is 13.2 Å². The third kappa shape index (κ3) is 2.51. The summed E-state index contributed by atoms with van der Waals surface area (Å²) >= 11 is 0. The first kappa shape index (κ1) is 15.7. The first-order valence-electron chi connectivity index (χ1n) is 7.44. The highest BCUT2D eigenvalue weighted by molar-refractivity contribution is 5.98. The largest absolute Gasteiger partial charge is 0.462 e. The standard InChI is InChI=1S/C16H15N3O5/c1-3-23-15(21)10-7-17-12-9(13(10)20)5-6-19-8-11(18-14(12)19)16(22)24-4-2/h5-8H,3-4H2,1-2H3,(H,17,20). The van der Waals surface area contributed by atoms with Crippen molar-refractivity contribution in [3.8, 4) is 0 Å². The van der Waals surface area contributed by atoms with Crippen LogP contribution in [0.4, 0.5) is 0 Å². The number of aromatic amines is 1. The molecule has 0 aliphatic carbocycles. The number of rotatable bonds is 4. The van der Waals surface area contributed by atoms with Gasteiger partial charge in [-0.1, -0.05) is 0 Å². The Balaban J connectivity index is 2.18. The van der Waals surface area contributed by atoms with Crippen LogP contribution in [0.2, 0.25) is 0 Å². The second-order valence-corrected chi connectivity index (χ2v) is 4.93. The van der Waals surface area contributed by atoms with Crippen LogP contribution in [-0.4, -0.2) is 39.5 Å². The maximum atomic E-state index is 12.5. The number of nitrogens with zero attached hydrogens (tertiary/aromatic N) is 2. The first-order chi connectivity index (χ1) is 11.6. The van der Waals surface area contributed by atoms with Crippen LogP contribution < -0.4 is 5.43 Å². The van der Waals surface area contributed by atoms with Gasteiger partial charge in [-0.2, -0.15) is 0 Å². The van der Waals surface area contributed by atoms with E-state index in [9.17, 15) is 14.4 Å². The molecule has 8 heteroatoms. The number of carbonyl (C=O) groups excluding carboxylic acids is 2. The van der Waals surface area contributed by atoms with Crippen LogP contribution in [0.5, 0.6) is 0 Å². The molecule has 0 saturated heterocycles. The number of aromatic nitrogens is 3. The Morgan fingerprint density at radius 3 is 2.62 bits per heavy atom. The zero-order chi connectivity index (χ0) is 17.3. The van der Waals surface area contributed by atoms with E-state index >= 15 is 0 Å². The van der Waals surface area contributed by atoms with Crippen LogP contribution in [0.1, 0.15) is 34.7 Å². The van der Waals surface area contributed by atoms with Crippen LogP contribution in [0.3, 0.4) is 0 Å². The quantitative estimate of drug-likeness (QED) is 0.728. The molecule has 0 aliphatic heterocycles.